The van der Waals surface area contributed by atoms with Gasteiger partial charge in [-0.15, -0.1) is 0 Å². The number of hydrogen-bond acceptors (Lipinski definition) is 2. The first-order chi connectivity index (χ1) is 10.7. The Morgan fingerprint density at radius 2 is 1.95 bits per heavy atom. The fourth-order valence-corrected chi connectivity index (χ4v) is 3.13. The predicted molar refractivity (Wildman–Crippen MR) is 91.8 cm³/mol. The Bertz CT molecular complexity index is 669. The summed E-state index contributed by atoms with van der Waals surface area (Å²) in [4.78, 5) is 14.9. The third-order valence-corrected chi connectivity index (χ3v) is 4.36. The van der Waals surface area contributed by atoms with Crippen molar-refractivity contribution in [1.29, 1.82) is 0 Å². The number of benzene rings is 2. The Balaban J connectivity index is 1.91. The molecule has 3 rings (SSSR count). The molecule has 1 unspecified atom stereocenters. The minimum atomic E-state index is -0.0897. The van der Waals surface area contributed by atoms with E-state index in [-0.39, 0.29) is 11.8 Å². The van der Waals surface area contributed by atoms with Gasteiger partial charge in [0.2, 0.25) is 5.91 Å². The highest BCUT2D eigenvalue weighted by atomic mass is 35.5. The number of fused-ring (bicyclic) bond motifs is 1. The number of nitrogens with one attached hydrogen (secondary N) is 1. The largest absolute Gasteiger partial charge is 0.385 e. The van der Waals surface area contributed by atoms with E-state index in [9.17, 15) is 4.79 Å². The fourth-order valence-electron chi connectivity index (χ4n) is 3.00. The van der Waals surface area contributed by atoms with Crippen LogP contribution in [0.15, 0.2) is 48.5 Å². The lowest BCUT2D eigenvalue weighted by Crippen LogP contribution is -2.37. The summed E-state index contributed by atoms with van der Waals surface area (Å²) in [7, 11) is 0. The number of carbonyl (C=O) groups is 1. The molecule has 2 aromatic rings. The highest BCUT2D eigenvalue weighted by Crippen LogP contribution is 2.34. The molecule has 22 heavy (non-hydrogen) atoms. The molecule has 0 saturated heterocycles. The molecule has 0 spiro atoms. The number of rotatable bonds is 3. The van der Waals surface area contributed by atoms with Crippen LogP contribution in [0.25, 0.3) is 0 Å². The minimum Gasteiger partial charge on any atom is -0.385 e. The number of nitrogens with zero attached hydrogens (tertiary/aromatic N) is 1. The second-order valence-corrected chi connectivity index (χ2v) is 5.85. The van der Waals surface area contributed by atoms with Crippen LogP contribution in [-0.4, -0.2) is 19.0 Å². The quantitative estimate of drug-likeness (QED) is 0.916. The molecule has 1 aliphatic heterocycles. The first-order valence-corrected chi connectivity index (χ1v) is 7.98. The summed E-state index contributed by atoms with van der Waals surface area (Å²) in [6.07, 6.45) is 0.819. The molecule has 4 heteroatoms. The summed E-state index contributed by atoms with van der Waals surface area (Å²) in [5.41, 5.74) is 3.05. The van der Waals surface area contributed by atoms with Crippen LogP contribution in [0.3, 0.4) is 0 Å². The van der Waals surface area contributed by atoms with Crippen LogP contribution in [0.5, 0.6) is 0 Å². The summed E-state index contributed by atoms with van der Waals surface area (Å²) in [5, 5.41) is 4.04. The summed E-state index contributed by atoms with van der Waals surface area (Å²) < 4.78 is 0. The van der Waals surface area contributed by atoms with Crippen molar-refractivity contribution in [3.05, 3.63) is 59.1 Å². The van der Waals surface area contributed by atoms with E-state index in [1.54, 1.807) is 0 Å². The van der Waals surface area contributed by atoms with E-state index >= 15 is 0 Å². The monoisotopic (exact) mass is 314 g/mol. The first kappa shape index (κ1) is 14.9. The standard InChI is InChI=1S/C18H19ClN2O/c1-2-21(14-9-7-13(19)8-10-14)18(22)16-11-12-20-17-6-4-3-5-15(16)17/h3-10,16,20H,2,11-12H2,1H3. The lowest BCUT2D eigenvalue weighted by molar-refractivity contribution is -0.120. The molecular formula is C18H19ClN2O. The molecule has 0 aromatic heterocycles. The van der Waals surface area contributed by atoms with E-state index in [1.165, 1.54) is 0 Å². The van der Waals surface area contributed by atoms with Crippen molar-refractivity contribution in [2.45, 2.75) is 19.3 Å². The topological polar surface area (TPSA) is 32.3 Å². The van der Waals surface area contributed by atoms with Gasteiger partial charge in [-0.1, -0.05) is 29.8 Å². The Labute approximate surface area is 135 Å². The zero-order chi connectivity index (χ0) is 15.5. The Hall–Kier alpha value is -2.00. The van der Waals surface area contributed by atoms with Crippen LogP contribution in [0, 0.1) is 0 Å². The Morgan fingerprint density at radius 3 is 2.68 bits per heavy atom. The summed E-state index contributed by atoms with van der Waals surface area (Å²) in [6, 6.07) is 15.5. The third kappa shape index (κ3) is 2.81. The van der Waals surface area contributed by atoms with Gasteiger partial charge in [0, 0.05) is 29.5 Å². The molecule has 1 amide bonds. The number of halogens is 1. The Kier molecular flexibility index (Phi) is 4.34. The number of amides is 1. The Morgan fingerprint density at radius 1 is 1.23 bits per heavy atom. The number of anilines is 2. The maximum atomic E-state index is 13.0. The molecule has 0 aliphatic carbocycles. The van der Waals surface area contributed by atoms with Crippen molar-refractivity contribution in [2.24, 2.45) is 0 Å². The van der Waals surface area contributed by atoms with Crippen molar-refractivity contribution in [3.63, 3.8) is 0 Å². The van der Waals surface area contributed by atoms with Gasteiger partial charge in [0.1, 0.15) is 0 Å². The third-order valence-electron chi connectivity index (χ3n) is 4.10. The van der Waals surface area contributed by atoms with Crippen molar-refractivity contribution < 1.29 is 4.79 Å². The van der Waals surface area contributed by atoms with Gasteiger partial charge < -0.3 is 10.2 Å². The maximum absolute atomic E-state index is 13.0. The number of carbonyl (C=O) groups excluding carboxylic acids is 1. The normalized spacial score (nSPS) is 16.5. The predicted octanol–water partition coefficient (Wildman–Crippen LogP) is 4.29. The van der Waals surface area contributed by atoms with Crippen molar-refractivity contribution in [2.75, 3.05) is 23.3 Å². The van der Waals surface area contributed by atoms with Gasteiger partial charge >= 0.3 is 0 Å². The molecule has 3 nitrogen and oxygen atoms in total. The van der Waals surface area contributed by atoms with Gasteiger partial charge in [-0.3, -0.25) is 4.79 Å². The lowest BCUT2D eigenvalue weighted by Gasteiger charge is -2.31. The molecule has 0 bridgehead atoms. The summed E-state index contributed by atoms with van der Waals surface area (Å²) >= 11 is 5.94. The average molecular weight is 315 g/mol. The second kappa shape index (κ2) is 6.41. The van der Waals surface area contributed by atoms with Crippen molar-refractivity contribution in [1.82, 2.24) is 0 Å². The van der Waals surface area contributed by atoms with E-state index in [2.05, 4.69) is 5.32 Å². The van der Waals surface area contributed by atoms with Crippen molar-refractivity contribution in [3.8, 4) is 0 Å². The van der Waals surface area contributed by atoms with Crippen molar-refractivity contribution >= 4 is 28.9 Å². The average Bonchev–Trinajstić information content (AvgIpc) is 2.56. The van der Waals surface area contributed by atoms with Crippen LogP contribution in [0.2, 0.25) is 5.02 Å². The molecule has 2 aromatic carbocycles. The van der Waals surface area contributed by atoms with Crippen LogP contribution >= 0.6 is 11.6 Å². The molecule has 0 radical (unpaired) electrons. The highest BCUT2D eigenvalue weighted by molar-refractivity contribution is 6.30. The molecule has 1 heterocycles. The molecule has 0 saturated carbocycles. The zero-order valence-electron chi connectivity index (χ0n) is 12.6. The fraction of sp³-hybridized carbons (Fsp3) is 0.278. The van der Waals surface area contributed by atoms with E-state index in [4.69, 9.17) is 11.6 Å². The van der Waals surface area contributed by atoms with Crippen LogP contribution in [-0.2, 0) is 4.79 Å². The summed E-state index contributed by atoms with van der Waals surface area (Å²) in [6.45, 7) is 3.47. The van der Waals surface area contributed by atoms with Crippen LogP contribution in [0.1, 0.15) is 24.8 Å². The van der Waals surface area contributed by atoms with E-state index in [0.717, 1.165) is 29.9 Å². The highest BCUT2D eigenvalue weighted by Gasteiger charge is 2.29. The number of para-hydroxylation sites is 1. The molecule has 114 valence electrons. The number of likely N-dealkylation sites (N-methyl/N-ethyl adjacent to an activating group) is 1. The van der Waals surface area contributed by atoms with Gasteiger partial charge in [0.05, 0.1) is 5.92 Å². The second-order valence-electron chi connectivity index (χ2n) is 5.41. The SMILES string of the molecule is CCN(C(=O)C1CCNc2ccccc21)c1ccc(Cl)cc1. The lowest BCUT2D eigenvalue weighted by atomic mass is 9.89. The van der Waals surface area contributed by atoms with E-state index in [1.807, 2.05) is 60.4 Å². The van der Waals surface area contributed by atoms with Gasteiger partial charge in [-0.05, 0) is 49.2 Å². The molecular weight excluding hydrogens is 296 g/mol. The van der Waals surface area contributed by atoms with E-state index < -0.39 is 0 Å². The van der Waals surface area contributed by atoms with Gasteiger partial charge in [0.15, 0.2) is 0 Å². The van der Waals surface area contributed by atoms with Crippen LogP contribution in [0.4, 0.5) is 11.4 Å². The first-order valence-electron chi connectivity index (χ1n) is 7.60. The van der Waals surface area contributed by atoms with E-state index in [0.29, 0.717) is 11.6 Å². The minimum absolute atomic E-state index is 0.0897. The number of hydrogen-bond donors (Lipinski definition) is 1. The van der Waals surface area contributed by atoms with Gasteiger partial charge in [-0.2, -0.15) is 0 Å². The molecule has 1 aliphatic rings. The smallest absolute Gasteiger partial charge is 0.234 e. The molecule has 1 N–H and O–H groups in total. The van der Waals surface area contributed by atoms with Gasteiger partial charge in [0.25, 0.3) is 0 Å². The van der Waals surface area contributed by atoms with Gasteiger partial charge in [-0.25, -0.2) is 0 Å². The van der Waals surface area contributed by atoms with Crippen LogP contribution < -0.4 is 10.2 Å². The molecule has 0 fully saturated rings. The molecule has 1 atom stereocenters. The maximum Gasteiger partial charge on any atom is 0.234 e. The zero-order valence-corrected chi connectivity index (χ0v) is 13.3. The summed E-state index contributed by atoms with van der Waals surface area (Å²) in [5.74, 6) is 0.0619.